The van der Waals surface area contributed by atoms with Crippen molar-refractivity contribution in [3.63, 3.8) is 0 Å². The number of anilines is 1. The van der Waals surface area contributed by atoms with Crippen molar-refractivity contribution in [2.45, 2.75) is 6.61 Å². The number of H-pyrrole nitrogens is 1. The molecular formula is C22H18N4O3S. The number of aromatic amines is 1. The van der Waals surface area contributed by atoms with Crippen molar-refractivity contribution in [2.24, 2.45) is 5.73 Å². The Morgan fingerprint density at radius 3 is 2.80 bits per heavy atom. The number of nitrogens with two attached hydrogens (primary N) is 1. The van der Waals surface area contributed by atoms with Gasteiger partial charge in [0.15, 0.2) is 0 Å². The fraction of sp³-hybridized carbons (Fsp3) is 0.0455. The number of carbonyl (C=O) groups is 2. The van der Waals surface area contributed by atoms with Crippen molar-refractivity contribution < 1.29 is 14.3 Å². The normalized spacial score (nSPS) is 10.7. The number of carbonyl (C=O) groups excluding carboxylic acids is 2. The Balaban J connectivity index is 1.77. The molecule has 0 aliphatic rings. The van der Waals surface area contributed by atoms with Gasteiger partial charge < -0.3 is 20.8 Å². The van der Waals surface area contributed by atoms with Crippen LogP contribution in [-0.2, 0) is 11.4 Å². The molecule has 0 radical (unpaired) electrons. The van der Waals surface area contributed by atoms with E-state index in [-0.39, 0.29) is 5.91 Å². The Morgan fingerprint density at radius 2 is 2.07 bits per heavy atom. The van der Waals surface area contributed by atoms with E-state index < -0.39 is 5.91 Å². The summed E-state index contributed by atoms with van der Waals surface area (Å²) >= 11 is 1.51. The van der Waals surface area contributed by atoms with Crippen LogP contribution in [0.2, 0.25) is 0 Å². The number of primary amides is 1. The molecule has 0 saturated carbocycles. The molecular weight excluding hydrogens is 400 g/mol. The highest BCUT2D eigenvalue weighted by atomic mass is 32.1. The maximum absolute atomic E-state index is 12.0. The van der Waals surface area contributed by atoms with Gasteiger partial charge in [-0.3, -0.25) is 9.59 Å². The third kappa shape index (κ3) is 3.81. The Labute approximate surface area is 176 Å². The van der Waals surface area contributed by atoms with Crippen LogP contribution in [0.3, 0.4) is 0 Å². The number of benzene rings is 2. The standard InChI is InChI=1S/C22H18N4O3S/c1-2-19(27)26-18-11-13(29-12-20-24-9-10-30-20)3-4-15(18)14-5-6-17(22(23)28)21-16(14)7-8-25-21/h2-11,25H,1,12H2,(H2,23,28)(H,26,27). The molecule has 2 amide bonds. The number of ether oxygens (including phenoxy) is 1. The van der Waals surface area contributed by atoms with Crippen molar-refractivity contribution in [3.05, 3.63) is 77.4 Å². The molecule has 4 aromatic rings. The molecule has 4 N–H and O–H groups in total. The first-order valence-electron chi connectivity index (χ1n) is 9.05. The molecule has 4 rings (SSSR count). The van der Waals surface area contributed by atoms with Crippen molar-refractivity contribution >= 4 is 39.7 Å². The molecule has 0 spiro atoms. The predicted molar refractivity (Wildman–Crippen MR) is 118 cm³/mol. The highest BCUT2D eigenvalue weighted by Gasteiger charge is 2.16. The second-order valence-electron chi connectivity index (χ2n) is 6.41. The largest absolute Gasteiger partial charge is 0.486 e. The van der Waals surface area contributed by atoms with Crippen molar-refractivity contribution in [1.82, 2.24) is 9.97 Å². The van der Waals surface area contributed by atoms with Crippen LogP contribution < -0.4 is 15.8 Å². The predicted octanol–water partition coefficient (Wildman–Crippen LogP) is 4.09. The lowest BCUT2D eigenvalue weighted by Gasteiger charge is -2.14. The Hall–Kier alpha value is -3.91. The number of amides is 2. The summed E-state index contributed by atoms with van der Waals surface area (Å²) in [5.41, 5.74) is 8.70. The van der Waals surface area contributed by atoms with E-state index >= 15 is 0 Å². The van der Waals surface area contributed by atoms with E-state index in [1.165, 1.54) is 17.4 Å². The number of hydrogen-bond acceptors (Lipinski definition) is 5. The van der Waals surface area contributed by atoms with Crippen LogP contribution in [0, 0.1) is 0 Å². The summed E-state index contributed by atoms with van der Waals surface area (Å²) in [5.74, 6) is -0.264. The molecule has 2 aromatic heterocycles. The van der Waals surface area contributed by atoms with Crippen molar-refractivity contribution in [1.29, 1.82) is 0 Å². The number of hydrogen-bond donors (Lipinski definition) is 3. The summed E-state index contributed by atoms with van der Waals surface area (Å²) in [6.07, 6.45) is 4.67. The highest BCUT2D eigenvalue weighted by molar-refractivity contribution is 7.09. The van der Waals surface area contributed by atoms with Crippen LogP contribution in [0.5, 0.6) is 5.75 Å². The smallest absolute Gasteiger partial charge is 0.250 e. The van der Waals surface area contributed by atoms with Gasteiger partial charge in [0.25, 0.3) is 5.91 Å². The number of nitrogens with one attached hydrogen (secondary N) is 2. The Morgan fingerprint density at radius 1 is 1.23 bits per heavy atom. The molecule has 7 nitrogen and oxygen atoms in total. The van der Waals surface area contributed by atoms with Crippen molar-refractivity contribution in [2.75, 3.05) is 5.32 Å². The molecule has 0 bridgehead atoms. The van der Waals surface area contributed by atoms with Crippen LogP contribution in [0.15, 0.2) is 66.8 Å². The topological polar surface area (TPSA) is 110 Å². The van der Waals surface area contributed by atoms with Crippen LogP contribution in [0.4, 0.5) is 5.69 Å². The van der Waals surface area contributed by atoms with Gasteiger partial charge in [0, 0.05) is 34.8 Å². The van der Waals surface area contributed by atoms with Gasteiger partial charge in [-0.05, 0) is 35.9 Å². The summed E-state index contributed by atoms with van der Waals surface area (Å²) in [7, 11) is 0. The first-order chi connectivity index (χ1) is 14.6. The second kappa shape index (κ2) is 8.22. The van der Waals surface area contributed by atoms with Gasteiger partial charge in [0.05, 0.1) is 16.8 Å². The number of rotatable bonds is 7. The lowest BCUT2D eigenvalue weighted by molar-refractivity contribution is -0.111. The number of aromatic nitrogens is 2. The molecule has 0 aliphatic carbocycles. The average Bonchev–Trinajstić information content (AvgIpc) is 3.43. The van der Waals surface area contributed by atoms with Gasteiger partial charge in [-0.25, -0.2) is 4.98 Å². The summed E-state index contributed by atoms with van der Waals surface area (Å²) < 4.78 is 5.82. The van der Waals surface area contributed by atoms with E-state index in [4.69, 9.17) is 10.5 Å². The average molecular weight is 418 g/mol. The van der Waals surface area contributed by atoms with E-state index in [2.05, 4.69) is 21.9 Å². The molecule has 150 valence electrons. The molecule has 2 aromatic carbocycles. The summed E-state index contributed by atoms with van der Waals surface area (Å²) in [6, 6.07) is 10.8. The molecule has 0 atom stereocenters. The van der Waals surface area contributed by atoms with Crippen LogP contribution in [-0.4, -0.2) is 21.8 Å². The van der Waals surface area contributed by atoms with Gasteiger partial charge >= 0.3 is 0 Å². The van der Waals surface area contributed by atoms with Gasteiger partial charge in [-0.2, -0.15) is 0 Å². The van der Waals surface area contributed by atoms with Crippen LogP contribution >= 0.6 is 11.3 Å². The maximum Gasteiger partial charge on any atom is 0.250 e. The minimum absolute atomic E-state index is 0.335. The zero-order chi connectivity index (χ0) is 21.1. The van der Waals surface area contributed by atoms with E-state index in [0.717, 1.165) is 21.5 Å². The molecule has 0 unspecified atom stereocenters. The Bertz CT molecular complexity index is 1240. The van der Waals surface area contributed by atoms with Gasteiger partial charge in [-0.1, -0.05) is 12.6 Å². The third-order valence-electron chi connectivity index (χ3n) is 4.56. The SMILES string of the molecule is C=CC(=O)Nc1cc(OCc2nccs2)ccc1-c1ccc(C(N)=O)c2[nH]ccc12. The number of thiazole rings is 1. The third-order valence-corrected chi connectivity index (χ3v) is 5.31. The van der Waals surface area contributed by atoms with Crippen LogP contribution in [0.25, 0.3) is 22.0 Å². The summed E-state index contributed by atoms with van der Waals surface area (Å²) in [5, 5.41) is 6.39. The first-order valence-corrected chi connectivity index (χ1v) is 9.93. The van der Waals surface area contributed by atoms with E-state index in [1.807, 2.05) is 29.6 Å². The zero-order valence-corrected chi connectivity index (χ0v) is 16.7. The summed E-state index contributed by atoms with van der Waals surface area (Å²) in [6.45, 7) is 3.85. The lowest BCUT2D eigenvalue weighted by atomic mass is 9.97. The number of fused-ring (bicyclic) bond motifs is 1. The quantitative estimate of drug-likeness (QED) is 0.393. The fourth-order valence-corrected chi connectivity index (χ4v) is 3.73. The summed E-state index contributed by atoms with van der Waals surface area (Å²) in [4.78, 5) is 31.0. The van der Waals surface area contributed by atoms with Crippen LogP contribution in [0.1, 0.15) is 15.4 Å². The van der Waals surface area contributed by atoms with E-state index in [1.54, 1.807) is 24.5 Å². The molecule has 8 heteroatoms. The maximum atomic E-state index is 12.0. The molecule has 0 aliphatic heterocycles. The fourth-order valence-electron chi connectivity index (χ4n) is 3.20. The van der Waals surface area contributed by atoms with E-state index in [0.29, 0.717) is 29.1 Å². The molecule has 0 saturated heterocycles. The van der Waals surface area contributed by atoms with Crippen molar-refractivity contribution in [3.8, 4) is 16.9 Å². The minimum atomic E-state index is -0.514. The van der Waals surface area contributed by atoms with E-state index in [9.17, 15) is 9.59 Å². The van der Waals surface area contributed by atoms with Gasteiger partial charge in [0.1, 0.15) is 17.4 Å². The highest BCUT2D eigenvalue weighted by Crippen LogP contribution is 2.37. The monoisotopic (exact) mass is 418 g/mol. The zero-order valence-electron chi connectivity index (χ0n) is 15.8. The molecule has 0 fully saturated rings. The minimum Gasteiger partial charge on any atom is -0.486 e. The number of nitrogens with zero attached hydrogens (tertiary/aromatic N) is 1. The Kier molecular flexibility index (Phi) is 5.32. The second-order valence-corrected chi connectivity index (χ2v) is 7.39. The molecule has 2 heterocycles. The lowest BCUT2D eigenvalue weighted by Crippen LogP contribution is -2.12. The molecule has 30 heavy (non-hydrogen) atoms. The first kappa shape index (κ1) is 19.4. The van der Waals surface area contributed by atoms with Gasteiger partial charge in [-0.15, -0.1) is 11.3 Å². The van der Waals surface area contributed by atoms with Gasteiger partial charge in [0.2, 0.25) is 5.91 Å².